The van der Waals surface area contributed by atoms with E-state index in [0.29, 0.717) is 25.3 Å². The number of pyridine rings is 1. The van der Waals surface area contributed by atoms with E-state index in [1.54, 1.807) is 6.20 Å². The molecule has 1 aliphatic heterocycles. The maximum absolute atomic E-state index is 12.2. The number of hydrogen-bond donors (Lipinski definition) is 1. The zero-order chi connectivity index (χ0) is 18.6. The van der Waals surface area contributed by atoms with Gasteiger partial charge in [0.05, 0.1) is 36.1 Å². The molecule has 0 aliphatic carbocycles. The number of nitrogens with one attached hydrogen (secondary N) is 1. The molecule has 8 nitrogen and oxygen atoms in total. The molecule has 1 N–H and O–H groups in total. The van der Waals surface area contributed by atoms with Gasteiger partial charge in [0.2, 0.25) is 0 Å². The van der Waals surface area contributed by atoms with Crippen LogP contribution in [0.5, 0.6) is 0 Å². The lowest BCUT2D eigenvalue weighted by Crippen LogP contribution is -2.37. The Kier molecular flexibility index (Phi) is 5.46. The van der Waals surface area contributed by atoms with Crippen molar-refractivity contribution in [1.29, 1.82) is 0 Å². The van der Waals surface area contributed by atoms with E-state index in [-0.39, 0.29) is 29.1 Å². The number of hydrogen-bond acceptors (Lipinski definition) is 7. The van der Waals surface area contributed by atoms with Crippen molar-refractivity contribution in [2.75, 3.05) is 23.0 Å². The van der Waals surface area contributed by atoms with Gasteiger partial charge in [-0.25, -0.2) is 18.4 Å². The first kappa shape index (κ1) is 18.2. The normalized spacial score (nSPS) is 18.4. The van der Waals surface area contributed by atoms with E-state index in [1.807, 2.05) is 30.0 Å². The van der Waals surface area contributed by atoms with Crippen molar-refractivity contribution in [3.05, 3.63) is 48.2 Å². The molecule has 1 fully saturated rings. The van der Waals surface area contributed by atoms with Crippen molar-refractivity contribution in [1.82, 2.24) is 20.3 Å². The molecule has 0 saturated carbocycles. The molecule has 3 heterocycles. The Morgan fingerprint density at radius 2 is 2.12 bits per heavy atom. The van der Waals surface area contributed by atoms with E-state index in [2.05, 4.69) is 20.3 Å². The lowest BCUT2D eigenvalue weighted by molar-refractivity contribution is 0.0945. The molecule has 0 bridgehead atoms. The Hall–Kier alpha value is -2.55. The van der Waals surface area contributed by atoms with Crippen molar-refractivity contribution in [3.63, 3.8) is 0 Å². The van der Waals surface area contributed by atoms with Crippen LogP contribution in [0.1, 0.15) is 29.5 Å². The van der Waals surface area contributed by atoms with Gasteiger partial charge in [0, 0.05) is 18.8 Å². The Bertz CT molecular complexity index is 856. The standard InChI is InChI=1S/C17H21N5O3S/c1-2-22(14-6-8-26(24,25)12-14)16-11-19-15(10-20-16)17(23)21-9-13-5-3-4-7-18-13/h3-5,7,10-11,14H,2,6,8-9,12H2,1H3,(H,21,23). The monoisotopic (exact) mass is 375 g/mol. The summed E-state index contributed by atoms with van der Waals surface area (Å²) in [6, 6.07) is 5.39. The van der Waals surface area contributed by atoms with Crippen LogP contribution in [0.25, 0.3) is 0 Å². The average Bonchev–Trinajstić information content (AvgIpc) is 3.01. The summed E-state index contributed by atoms with van der Waals surface area (Å²) in [5, 5.41) is 2.75. The third-order valence-electron chi connectivity index (χ3n) is 4.31. The summed E-state index contributed by atoms with van der Waals surface area (Å²) in [4.78, 5) is 26.7. The second-order valence-electron chi connectivity index (χ2n) is 6.11. The minimum absolute atomic E-state index is 0.0943. The molecule has 9 heteroatoms. The smallest absolute Gasteiger partial charge is 0.271 e. The maximum atomic E-state index is 12.2. The average molecular weight is 375 g/mol. The van der Waals surface area contributed by atoms with Crippen LogP contribution >= 0.6 is 0 Å². The molecular formula is C17H21N5O3S. The summed E-state index contributed by atoms with van der Waals surface area (Å²) in [7, 11) is -2.97. The molecular weight excluding hydrogens is 354 g/mol. The van der Waals surface area contributed by atoms with Crippen LogP contribution in [-0.2, 0) is 16.4 Å². The molecule has 138 valence electrons. The van der Waals surface area contributed by atoms with Crippen LogP contribution in [0, 0.1) is 0 Å². The van der Waals surface area contributed by atoms with E-state index in [9.17, 15) is 13.2 Å². The Balaban J connectivity index is 1.64. The Morgan fingerprint density at radius 1 is 1.27 bits per heavy atom. The fourth-order valence-corrected chi connectivity index (χ4v) is 4.71. The van der Waals surface area contributed by atoms with Crippen LogP contribution in [0.15, 0.2) is 36.8 Å². The molecule has 2 aromatic heterocycles. The number of carbonyl (C=O) groups excluding carboxylic acids is 1. The molecule has 2 aromatic rings. The lowest BCUT2D eigenvalue weighted by atomic mass is 10.2. The maximum Gasteiger partial charge on any atom is 0.271 e. The first-order valence-corrected chi connectivity index (χ1v) is 10.3. The quantitative estimate of drug-likeness (QED) is 0.797. The minimum Gasteiger partial charge on any atom is -0.352 e. The number of nitrogens with zero attached hydrogens (tertiary/aromatic N) is 4. The summed E-state index contributed by atoms with van der Waals surface area (Å²) < 4.78 is 23.4. The van der Waals surface area contributed by atoms with Crippen LogP contribution in [-0.4, -0.2) is 53.4 Å². The summed E-state index contributed by atoms with van der Waals surface area (Å²) in [6.07, 6.45) is 5.18. The second kappa shape index (κ2) is 7.77. The van der Waals surface area contributed by atoms with Gasteiger partial charge in [-0.05, 0) is 25.5 Å². The first-order chi connectivity index (χ1) is 12.5. The molecule has 0 spiro atoms. The van der Waals surface area contributed by atoms with Crippen molar-refractivity contribution < 1.29 is 13.2 Å². The van der Waals surface area contributed by atoms with Gasteiger partial charge in [-0.3, -0.25) is 9.78 Å². The summed E-state index contributed by atoms with van der Waals surface area (Å²) in [5.74, 6) is 0.585. The topological polar surface area (TPSA) is 105 Å². The number of carbonyl (C=O) groups is 1. The third-order valence-corrected chi connectivity index (χ3v) is 6.06. The van der Waals surface area contributed by atoms with Crippen LogP contribution in [0.4, 0.5) is 5.82 Å². The summed E-state index contributed by atoms with van der Waals surface area (Å²) in [5.41, 5.74) is 0.963. The zero-order valence-corrected chi connectivity index (χ0v) is 15.3. The molecule has 0 aromatic carbocycles. The highest BCUT2D eigenvalue weighted by atomic mass is 32.2. The van der Waals surface area contributed by atoms with E-state index < -0.39 is 9.84 Å². The predicted octanol–water partition coefficient (Wildman–Crippen LogP) is 0.815. The number of sulfone groups is 1. The van der Waals surface area contributed by atoms with Crippen molar-refractivity contribution in [3.8, 4) is 0 Å². The molecule has 0 radical (unpaired) electrons. The molecule has 1 aliphatic rings. The fourth-order valence-electron chi connectivity index (χ4n) is 2.98. The van der Waals surface area contributed by atoms with Gasteiger partial charge in [0.1, 0.15) is 11.5 Å². The number of rotatable bonds is 6. The van der Waals surface area contributed by atoms with Gasteiger partial charge >= 0.3 is 0 Å². The third kappa shape index (κ3) is 4.34. The summed E-state index contributed by atoms with van der Waals surface area (Å²) >= 11 is 0. The van der Waals surface area contributed by atoms with Crippen LogP contribution in [0.3, 0.4) is 0 Å². The minimum atomic E-state index is -2.97. The Labute approximate surface area is 152 Å². The number of aromatic nitrogens is 3. The lowest BCUT2D eigenvalue weighted by Gasteiger charge is -2.27. The highest BCUT2D eigenvalue weighted by Crippen LogP contribution is 2.22. The highest BCUT2D eigenvalue weighted by Gasteiger charge is 2.32. The van der Waals surface area contributed by atoms with E-state index in [4.69, 9.17) is 0 Å². The highest BCUT2D eigenvalue weighted by molar-refractivity contribution is 7.91. The van der Waals surface area contributed by atoms with Gasteiger partial charge in [0.25, 0.3) is 5.91 Å². The van der Waals surface area contributed by atoms with Gasteiger partial charge in [-0.15, -0.1) is 0 Å². The van der Waals surface area contributed by atoms with Gasteiger partial charge in [-0.1, -0.05) is 6.07 Å². The van der Waals surface area contributed by atoms with Crippen LogP contribution < -0.4 is 10.2 Å². The fraction of sp³-hybridized carbons (Fsp3) is 0.412. The van der Waals surface area contributed by atoms with E-state index >= 15 is 0 Å². The molecule has 3 rings (SSSR count). The van der Waals surface area contributed by atoms with Crippen molar-refractivity contribution in [2.45, 2.75) is 25.9 Å². The molecule has 1 saturated heterocycles. The second-order valence-corrected chi connectivity index (χ2v) is 8.34. The predicted molar refractivity (Wildman–Crippen MR) is 97.5 cm³/mol. The summed E-state index contributed by atoms with van der Waals surface area (Å²) in [6.45, 7) is 2.88. The molecule has 1 unspecified atom stereocenters. The van der Waals surface area contributed by atoms with Gasteiger partial charge in [0.15, 0.2) is 9.84 Å². The largest absolute Gasteiger partial charge is 0.352 e. The Morgan fingerprint density at radius 3 is 2.69 bits per heavy atom. The number of amides is 1. The van der Waals surface area contributed by atoms with Gasteiger partial charge < -0.3 is 10.2 Å². The molecule has 1 atom stereocenters. The number of anilines is 1. The first-order valence-electron chi connectivity index (χ1n) is 8.45. The molecule has 1 amide bonds. The van der Waals surface area contributed by atoms with Crippen molar-refractivity contribution >= 4 is 21.6 Å². The van der Waals surface area contributed by atoms with E-state index in [1.165, 1.54) is 12.4 Å². The van der Waals surface area contributed by atoms with Crippen molar-refractivity contribution in [2.24, 2.45) is 0 Å². The van der Waals surface area contributed by atoms with E-state index in [0.717, 1.165) is 5.69 Å². The molecule has 26 heavy (non-hydrogen) atoms. The SMILES string of the molecule is CCN(c1cnc(C(=O)NCc2ccccn2)cn1)C1CCS(=O)(=O)C1. The zero-order valence-electron chi connectivity index (χ0n) is 14.5. The van der Waals surface area contributed by atoms with Gasteiger partial charge in [-0.2, -0.15) is 0 Å². The van der Waals surface area contributed by atoms with Crippen LogP contribution in [0.2, 0.25) is 0 Å².